The van der Waals surface area contributed by atoms with Crippen LogP contribution in [-0.2, 0) is 11.8 Å². The maximum atomic E-state index is 12.6. The summed E-state index contributed by atoms with van der Waals surface area (Å²) >= 11 is 5.85. The highest BCUT2D eigenvalue weighted by Gasteiger charge is 2.35. The van der Waals surface area contributed by atoms with Gasteiger partial charge in [0, 0.05) is 11.6 Å². The number of nitrogens with one attached hydrogen (secondary N) is 1. The number of pyridine rings is 1. The van der Waals surface area contributed by atoms with Gasteiger partial charge in [0.2, 0.25) is 0 Å². The summed E-state index contributed by atoms with van der Waals surface area (Å²) in [6.07, 6.45) is -1.05. The highest BCUT2D eigenvalue weighted by molar-refractivity contribution is 6.30. The van der Waals surface area contributed by atoms with E-state index in [-0.39, 0.29) is 16.8 Å². The van der Waals surface area contributed by atoms with E-state index in [1.54, 1.807) is 6.92 Å². The van der Waals surface area contributed by atoms with Gasteiger partial charge in [-0.25, -0.2) is 4.98 Å². The fraction of sp³-hybridized carbons (Fsp3) is 0.643. The molecule has 0 saturated carbocycles. The molecule has 2 unspecified atom stereocenters. The summed E-state index contributed by atoms with van der Waals surface area (Å²) in [6.45, 7) is 2.44. The monoisotopic (exact) mass is 322 g/mol. The van der Waals surface area contributed by atoms with E-state index in [1.165, 1.54) is 6.07 Å². The maximum absolute atomic E-state index is 12.6. The summed E-state index contributed by atoms with van der Waals surface area (Å²) in [4.78, 5) is 3.36. The van der Waals surface area contributed by atoms with Gasteiger partial charge in [-0.2, -0.15) is 13.2 Å². The molecule has 1 fully saturated rings. The fourth-order valence-electron chi connectivity index (χ4n) is 2.68. The van der Waals surface area contributed by atoms with Crippen molar-refractivity contribution in [2.45, 2.75) is 50.4 Å². The molecule has 0 radical (unpaired) electrons. The number of aliphatic hydroxyl groups is 1. The van der Waals surface area contributed by atoms with E-state index in [0.29, 0.717) is 6.42 Å². The number of nitrogens with zero attached hydrogens (tertiary/aromatic N) is 1. The van der Waals surface area contributed by atoms with Gasteiger partial charge in [0.1, 0.15) is 10.8 Å². The number of alkyl halides is 3. The Labute approximate surface area is 126 Å². The predicted molar refractivity (Wildman–Crippen MR) is 74.1 cm³/mol. The Morgan fingerprint density at radius 1 is 1.38 bits per heavy atom. The lowest BCUT2D eigenvalue weighted by Gasteiger charge is -2.32. The van der Waals surface area contributed by atoms with E-state index < -0.39 is 17.5 Å². The van der Waals surface area contributed by atoms with Crippen LogP contribution in [-0.4, -0.2) is 22.7 Å². The first kappa shape index (κ1) is 16.5. The van der Waals surface area contributed by atoms with Crippen molar-refractivity contribution in [2.75, 3.05) is 6.54 Å². The molecule has 1 aliphatic rings. The SMILES string of the molecule is CC(O)(CC1CCCCN1)c1ccc(C(F)(F)F)nc1Cl. The van der Waals surface area contributed by atoms with E-state index in [1.807, 2.05) is 0 Å². The zero-order chi connectivity index (χ0) is 15.7. The van der Waals surface area contributed by atoms with Gasteiger partial charge < -0.3 is 10.4 Å². The fourth-order valence-corrected chi connectivity index (χ4v) is 3.04. The number of piperidine rings is 1. The Hall–Kier alpha value is -0.850. The highest BCUT2D eigenvalue weighted by Crippen LogP contribution is 2.35. The van der Waals surface area contributed by atoms with E-state index in [0.717, 1.165) is 31.9 Å². The number of rotatable bonds is 3. The Kier molecular flexibility index (Phi) is 4.80. The largest absolute Gasteiger partial charge is 0.433 e. The minimum atomic E-state index is -4.54. The molecule has 0 bridgehead atoms. The molecule has 21 heavy (non-hydrogen) atoms. The van der Waals surface area contributed by atoms with Gasteiger partial charge >= 0.3 is 6.18 Å². The average Bonchev–Trinajstić information content (AvgIpc) is 2.37. The normalized spacial score (nSPS) is 22.9. The lowest BCUT2D eigenvalue weighted by Crippen LogP contribution is -2.40. The second-order valence-corrected chi connectivity index (χ2v) is 6.02. The number of hydrogen-bond acceptors (Lipinski definition) is 3. The highest BCUT2D eigenvalue weighted by atomic mass is 35.5. The molecule has 1 saturated heterocycles. The molecule has 1 aromatic rings. The third-order valence-corrected chi connectivity index (χ3v) is 4.06. The summed E-state index contributed by atoms with van der Waals surface area (Å²) in [7, 11) is 0. The van der Waals surface area contributed by atoms with Crippen LogP contribution >= 0.6 is 11.6 Å². The number of halogens is 4. The quantitative estimate of drug-likeness (QED) is 0.837. The summed E-state index contributed by atoms with van der Waals surface area (Å²) in [5.41, 5.74) is -2.14. The molecule has 2 rings (SSSR count). The van der Waals surface area contributed by atoms with Gasteiger partial charge in [0.15, 0.2) is 0 Å². The smallest absolute Gasteiger partial charge is 0.385 e. The standard InChI is InChI=1S/C14H18ClF3N2O/c1-13(21,8-9-4-2-3-7-19-9)10-5-6-11(14(16,17)18)20-12(10)15/h5-6,9,19,21H,2-4,7-8H2,1H3. The average molecular weight is 323 g/mol. The third-order valence-electron chi connectivity index (χ3n) is 3.78. The Bertz CT molecular complexity index is 499. The molecule has 3 nitrogen and oxygen atoms in total. The van der Waals surface area contributed by atoms with Crippen LogP contribution in [0.5, 0.6) is 0 Å². The van der Waals surface area contributed by atoms with Crippen molar-refractivity contribution in [3.63, 3.8) is 0 Å². The molecular weight excluding hydrogens is 305 g/mol. The zero-order valence-corrected chi connectivity index (χ0v) is 12.4. The molecule has 1 aromatic heterocycles. The molecule has 0 aliphatic carbocycles. The van der Waals surface area contributed by atoms with E-state index >= 15 is 0 Å². The molecule has 0 aromatic carbocycles. The maximum Gasteiger partial charge on any atom is 0.433 e. The number of hydrogen-bond donors (Lipinski definition) is 2. The van der Waals surface area contributed by atoms with Crippen molar-refractivity contribution in [3.05, 3.63) is 28.5 Å². The lowest BCUT2D eigenvalue weighted by atomic mass is 9.87. The van der Waals surface area contributed by atoms with Crippen LogP contribution in [0.3, 0.4) is 0 Å². The lowest BCUT2D eigenvalue weighted by molar-refractivity contribution is -0.141. The van der Waals surface area contributed by atoms with Gasteiger partial charge in [-0.3, -0.25) is 0 Å². The van der Waals surface area contributed by atoms with E-state index in [4.69, 9.17) is 11.6 Å². The predicted octanol–water partition coefficient (Wildman–Crippen LogP) is 3.49. The van der Waals surface area contributed by atoms with Crippen LogP contribution in [0.25, 0.3) is 0 Å². The summed E-state index contributed by atoms with van der Waals surface area (Å²) < 4.78 is 37.7. The Morgan fingerprint density at radius 2 is 2.10 bits per heavy atom. The van der Waals surface area contributed by atoms with Crippen molar-refractivity contribution < 1.29 is 18.3 Å². The molecule has 1 aliphatic heterocycles. The molecule has 2 heterocycles. The van der Waals surface area contributed by atoms with Gasteiger partial charge in [0.25, 0.3) is 0 Å². The van der Waals surface area contributed by atoms with E-state index in [9.17, 15) is 18.3 Å². The van der Waals surface area contributed by atoms with Crippen LogP contribution in [0.4, 0.5) is 13.2 Å². The molecule has 7 heteroatoms. The zero-order valence-electron chi connectivity index (χ0n) is 11.7. The summed E-state index contributed by atoms with van der Waals surface area (Å²) in [5, 5.41) is 13.6. The Balaban J connectivity index is 2.19. The minimum Gasteiger partial charge on any atom is -0.385 e. The van der Waals surface area contributed by atoms with Crippen LogP contribution < -0.4 is 5.32 Å². The van der Waals surface area contributed by atoms with Crippen molar-refractivity contribution >= 4 is 11.6 Å². The van der Waals surface area contributed by atoms with Crippen molar-refractivity contribution in [2.24, 2.45) is 0 Å². The molecule has 118 valence electrons. The topological polar surface area (TPSA) is 45.1 Å². The van der Waals surface area contributed by atoms with Crippen LogP contribution in [0.1, 0.15) is 43.9 Å². The first-order valence-corrected chi connectivity index (χ1v) is 7.28. The van der Waals surface area contributed by atoms with Gasteiger partial charge in [0.05, 0.1) is 5.60 Å². The van der Waals surface area contributed by atoms with Crippen molar-refractivity contribution in [1.29, 1.82) is 0 Å². The molecule has 0 amide bonds. The van der Waals surface area contributed by atoms with Crippen LogP contribution in [0.2, 0.25) is 5.15 Å². The van der Waals surface area contributed by atoms with Crippen LogP contribution in [0.15, 0.2) is 12.1 Å². The minimum absolute atomic E-state index is 0.132. The first-order valence-electron chi connectivity index (χ1n) is 6.90. The summed E-state index contributed by atoms with van der Waals surface area (Å²) in [5.74, 6) is 0. The Morgan fingerprint density at radius 3 is 2.62 bits per heavy atom. The molecule has 0 spiro atoms. The van der Waals surface area contributed by atoms with Gasteiger partial charge in [-0.1, -0.05) is 24.1 Å². The van der Waals surface area contributed by atoms with Crippen molar-refractivity contribution in [3.8, 4) is 0 Å². The van der Waals surface area contributed by atoms with Crippen LogP contribution in [0, 0.1) is 0 Å². The second-order valence-electron chi connectivity index (χ2n) is 5.66. The molecule has 2 atom stereocenters. The van der Waals surface area contributed by atoms with Gasteiger partial charge in [-0.15, -0.1) is 0 Å². The second kappa shape index (κ2) is 6.10. The van der Waals surface area contributed by atoms with Crippen molar-refractivity contribution in [1.82, 2.24) is 10.3 Å². The first-order chi connectivity index (χ1) is 9.70. The number of aromatic nitrogens is 1. The summed E-state index contributed by atoms with van der Waals surface area (Å²) in [6, 6.07) is 2.19. The molecule has 2 N–H and O–H groups in total. The van der Waals surface area contributed by atoms with Gasteiger partial charge in [-0.05, 0) is 38.8 Å². The third kappa shape index (κ3) is 4.08. The molecular formula is C14H18ClF3N2O. The van der Waals surface area contributed by atoms with E-state index in [2.05, 4.69) is 10.3 Å².